The molecule has 0 atom stereocenters. The Hall–Kier alpha value is -1.89. The van der Waals surface area contributed by atoms with E-state index >= 15 is 0 Å². The zero-order valence-corrected chi connectivity index (χ0v) is 17.5. The summed E-state index contributed by atoms with van der Waals surface area (Å²) in [4.78, 5) is 17.2. The molecule has 0 N–H and O–H groups in total. The highest BCUT2D eigenvalue weighted by Crippen LogP contribution is 2.23. The van der Waals surface area contributed by atoms with Crippen molar-refractivity contribution in [1.29, 1.82) is 0 Å². The van der Waals surface area contributed by atoms with Crippen LogP contribution in [0, 0.1) is 0 Å². The highest BCUT2D eigenvalue weighted by atomic mass is 35.5. The molecule has 0 unspecified atom stereocenters. The van der Waals surface area contributed by atoms with Crippen LogP contribution in [-0.2, 0) is 16.3 Å². The van der Waals surface area contributed by atoms with E-state index in [1.165, 1.54) is 23.8 Å². The second-order valence-corrected chi connectivity index (χ2v) is 9.56. The molecule has 0 saturated carbocycles. The van der Waals surface area contributed by atoms with Crippen molar-refractivity contribution >= 4 is 27.3 Å². The largest absolute Gasteiger partial charge is 0.337 e. The molecule has 1 saturated heterocycles. The highest BCUT2D eigenvalue weighted by molar-refractivity contribution is 7.90. The van der Waals surface area contributed by atoms with E-state index in [1.54, 1.807) is 0 Å². The molecule has 0 bridgehead atoms. The van der Waals surface area contributed by atoms with E-state index in [9.17, 15) is 13.2 Å². The van der Waals surface area contributed by atoms with Crippen LogP contribution in [0.25, 0.3) is 0 Å². The molecule has 2 aromatic rings. The van der Waals surface area contributed by atoms with Crippen LogP contribution in [0.15, 0.2) is 53.4 Å². The van der Waals surface area contributed by atoms with Crippen molar-refractivity contribution in [2.75, 3.05) is 39.0 Å². The van der Waals surface area contributed by atoms with Gasteiger partial charge in [-0.25, -0.2) is 8.42 Å². The molecule has 1 aliphatic heterocycles. The number of hydrogen-bond donors (Lipinski definition) is 0. The first kappa shape index (κ1) is 20.8. The number of halogens is 1. The van der Waals surface area contributed by atoms with Gasteiger partial charge in [0.05, 0.1) is 15.5 Å². The molecule has 2 aromatic carbocycles. The smallest absolute Gasteiger partial charge is 0.255 e. The molecule has 0 aromatic heterocycles. The molecule has 1 heterocycles. The molecule has 7 heteroatoms. The maximum absolute atomic E-state index is 12.9. The summed E-state index contributed by atoms with van der Waals surface area (Å²) in [5.74, 6) is -0.144. The summed E-state index contributed by atoms with van der Waals surface area (Å²) in [5, 5.41) is 0.179. The van der Waals surface area contributed by atoms with Crippen molar-refractivity contribution in [3.8, 4) is 0 Å². The van der Waals surface area contributed by atoms with Gasteiger partial charge in [0.2, 0.25) is 0 Å². The number of rotatable bonds is 5. The highest BCUT2D eigenvalue weighted by Gasteiger charge is 2.23. The number of benzene rings is 2. The van der Waals surface area contributed by atoms with Crippen molar-refractivity contribution < 1.29 is 13.2 Å². The van der Waals surface area contributed by atoms with E-state index < -0.39 is 9.84 Å². The molecular weight excluding hydrogens is 396 g/mol. The van der Waals surface area contributed by atoms with Crippen molar-refractivity contribution in [3.63, 3.8) is 0 Å². The molecular formula is C21H25ClN2O3S. The van der Waals surface area contributed by atoms with E-state index in [2.05, 4.69) is 29.2 Å². The second kappa shape index (κ2) is 9.07. The van der Waals surface area contributed by atoms with Gasteiger partial charge in [-0.15, -0.1) is 0 Å². The first-order valence-electron chi connectivity index (χ1n) is 9.40. The van der Waals surface area contributed by atoms with Crippen LogP contribution in [-0.4, -0.2) is 63.1 Å². The fourth-order valence-electron chi connectivity index (χ4n) is 3.40. The molecule has 1 amide bonds. The summed E-state index contributed by atoms with van der Waals surface area (Å²) in [5.41, 5.74) is 1.67. The lowest BCUT2D eigenvalue weighted by Crippen LogP contribution is -2.35. The second-order valence-electron chi connectivity index (χ2n) is 7.14. The molecule has 5 nitrogen and oxygen atoms in total. The third kappa shape index (κ3) is 5.34. The Morgan fingerprint density at radius 1 is 1.04 bits per heavy atom. The van der Waals surface area contributed by atoms with Gasteiger partial charge in [0.1, 0.15) is 0 Å². The van der Waals surface area contributed by atoms with E-state index in [-0.39, 0.29) is 15.8 Å². The van der Waals surface area contributed by atoms with Gasteiger partial charge in [-0.05, 0) is 43.1 Å². The van der Waals surface area contributed by atoms with Gasteiger partial charge in [-0.1, -0.05) is 41.9 Å². The molecule has 0 aliphatic carbocycles. The van der Waals surface area contributed by atoms with Gasteiger partial charge in [0, 0.05) is 32.4 Å². The van der Waals surface area contributed by atoms with Crippen LogP contribution in [0.5, 0.6) is 0 Å². The quantitative estimate of drug-likeness (QED) is 0.745. The van der Waals surface area contributed by atoms with Gasteiger partial charge in [-0.3, -0.25) is 4.79 Å². The fraction of sp³-hybridized carbons (Fsp3) is 0.381. The van der Waals surface area contributed by atoms with Crippen LogP contribution in [0.1, 0.15) is 22.3 Å². The lowest BCUT2D eigenvalue weighted by Gasteiger charge is -2.22. The molecule has 3 rings (SSSR count). The van der Waals surface area contributed by atoms with E-state index in [0.717, 1.165) is 38.7 Å². The molecule has 0 radical (unpaired) electrons. The van der Waals surface area contributed by atoms with Gasteiger partial charge >= 0.3 is 0 Å². The molecule has 1 aliphatic rings. The monoisotopic (exact) mass is 420 g/mol. The Balaban J connectivity index is 1.61. The van der Waals surface area contributed by atoms with Crippen molar-refractivity contribution in [2.24, 2.45) is 0 Å². The number of carbonyl (C=O) groups is 1. The minimum atomic E-state index is -3.35. The average molecular weight is 421 g/mol. The Labute approximate surface area is 171 Å². The summed E-state index contributed by atoms with van der Waals surface area (Å²) in [7, 11) is -3.35. The first-order valence-corrected chi connectivity index (χ1v) is 11.7. The predicted molar refractivity (Wildman–Crippen MR) is 112 cm³/mol. The van der Waals surface area contributed by atoms with Gasteiger partial charge in [0.25, 0.3) is 5.91 Å². The molecule has 0 spiro atoms. The zero-order valence-electron chi connectivity index (χ0n) is 16.0. The summed E-state index contributed by atoms with van der Waals surface area (Å²) in [6.45, 7) is 4.05. The van der Waals surface area contributed by atoms with E-state index in [4.69, 9.17) is 11.6 Å². The van der Waals surface area contributed by atoms with Crippen LogP contribution in [0.3, 0.4) is 0 Å². The van der Waals surface area contributed by atoms with Gasteiger partial charge in [0.15, 0.2) is 9.84 Å². The maximum atomic E-state index is 12.9. The molecule has 1 fully saturated rings. The van der Waals surface area contributed by atoms with Crippen LogP contribution in [0.4, 0.5) is 0 Å². The lowest BCUT2D eigenvalue weighted by atomic mass is 10.1. The normalized spacial score (nSPS) is 16.0. The van der Waals surface area contributed by atoms with E-state index in [0.29, 0.717) is 18.7 Å². The minimum absolute atomic E-state index is 0.122. The van der Waals surface area contributed by atoms with Crippen molar-refractivity contribution in [2.45, 2.75) is 17.7 Å². The predicted octanol–water partition coefficient (Wildman–Crippen LogP) is 3.13. The van der Waals surface area contributed by atoms with Crippen LogP contribution < -0.4 is 0 Å². The first-order chi connectivity index (χ1) is 13.3. The Kier molecular flexibility index (Phi) is 6.75. The maximum Gasteiger partial charge on any atom is 0.255 e. The molecule has 150 valence electrons. The average Bonchev–Trinajstić information content (AvgIpc) is 2.91. The number of amides is 1. The van der Waals surface area contributed by atoms with Gasteiger partial charge < -0.3 is 9.80 Å². The number of carbonyl (C=O) groups excluding carboxylic acids is 1. The number of nitrogens with zero attached hydrogens (tertiary/aromatic N) is 2. The summed E-state index contributed by atoms with van der Waals surface area (Å²) in [6, 6.07) is 14.7. The Morgan fingerprint density at radius 2 is 1.79 bits per heavy atom. The van der Waals surface area contributed by atoms with Crippen molar-refractivity contribution in [1.82, 2.24) is 9.80 Å². The third-order valence-corrected chi connectivity index (χ3v) is 6.46. The summed E-state index contributed by atoms with van der Waals surface area (Å²) < 4.78 is 23.3. The number of sulfone groups is 1. The van der Waals surface area contributed by atoms with Crippen LogP contribution >= 0.6 is 11.6 Å². The fourth-order valence-corrected chi connectivity index (χ4v) is 4.37. The standard InChI is InChI=1S/C21H25ClN2O3S/c1-28(26,27)18-8-9-19(20(22)16-18)21(25)24-12-5-11-23(14-15-24)13-10-17-6-3-2-4-7-17/h2-4,6-9,16H,5,10-15H2,1H3. The summed E-state index contributed by atoms with van der Waals surface area (Å²) in [6.07, 6.45) is 3.02. The minimum Gasteiger partial charge on any atom is -0.337 e. The van der Waals surface area contributed by atoms with Crippen LogP contribution in [0.2, 0.25) is 5.02 Å². The third-order valence-electron chi connectivity index (χ3n) is 5.03. The zero-order chi connectivity index (χ0) is 20.1. The molecule has 28 heavy (non-hydrogen) atoms. The van der Waals surface area contributed by atoms with Crippen molar-refractivity contribution in [3.05, 3.63) is 64.7 Å². The SMILES string of the molecule is CS(=O)(=O)c1ccc(C(=O)N2CCCN(CCc3ccccc3)CC2)c(Cl)c1. The number of hydrogen-bond acceptors (Lipinski definition) is 4. The van der Waals surface area contributed by atoms with Gasteiger partial charge in [-0.2, -0.15) is 0 Å². The topological polar surface area (TPSA) is 57.7 Å². The Bertz CT molecular complexity index is 932. The summed E-state index contributed by atoms with van der Waals surface area (Å²) >= 11 is 6.21. The Morgan fingerprint density at radius 3 is 2.46 bits per heavy atom. The van der Waals surface area contributed by atoms with E-state index in [1.807, 2.05) is 11.0 Å². The lowest BCUT2D eigenvalue weighted by molar-refractivity contribution is 0.0761.